The average molecular weight is 288 g/mol. The van der Waals surface area contributed by atoms with E-state index in [9.17, 15) is 13.2 Å². The van der Waals surface area contributed by atoms with E-state index in [1.807, 2.05) is 0 Å². The van der Waals surface area contributed by atoms with Gasteiger partial charge in [0.1, 0.15) is 5.75 Å². The second-order valence-corrected chi connectivity index (χ2v) is 4.32. The maximum atomic E-state index is 12.0. The summed E-state index contributed by atoms with van der Waals surface area (Å²) in [5.74, 6) is -0.236. The van der Waals surface area contributed by atoms with Crippen molar-refractivity contribution < 1.29 is 17.9 Å². The van der Waals surface area contributed by atoms with E-state index < -0.39 is 6.36 Å². The molecule has 6 heteroatoms. The predicted octanol–water partition coefficient (Wildman–Crippen LogP) is 4.22. The molecule has 0 atom stereocenters. The molecule has 1 aromatic heterocycles. The standard InChI is InChI=1S/C13H9ClF3NO/c14-11-6-10(7-18-8-11)5-9-1-3-12(4-2-9)19-13(15,16)17/h1-4,6-8H,5H2. The Morgan fingerprint density at radius 2 is 1.74 bits per heavy atom. The molecule has 0 aliphatic heterocycles. The van der Waals surface area contributed by atoms with E-state index in [2.05, 4.69) is 9.72 Å². The number of pyridine rings is 1. The van der Waals surface area contributed by atoms with Gasteiger partial charge in [-0.25, -0.2) is 0 Å². The number of rotatable bonds is 3. The van der Waals surface area contributed by atoms with Crippen LogP contribution in [0.1, 0.15) is 11.1 Å². The van der Waals surface area contributed by atoms with Gasteiger partial charge in [0.2, 0.25) is 0 Å². The van der Waals surface area contributed by atoms with E-state index in [-0.39, 0.29) is 5.75 Å². The van der Waals surface area contributed by atoms with E-state index in [0.29, 0.717) is 11.4 Å². The first-order valence-corrected chi connectivity index (χ1v) is 5.74. The normalized spacial score (nSPS) is 11.4. The summed E-state index contributed by atoms with van der Waals surface area (Å²) in [6.45, 7) is 0. The topological polar surface area (TPSA) is 22.1 Å². The molecule has 0 N–H and O–H groups in total. The fourth-order valence-corrected chi connectivity index (χ4v) is 1.79. The number of nitrogens with zero attached hydrogens (tertiary/aromatic N) is 1. The van der Waals surface area contributed by atoms with Crippen molar-refractivity contribution in [2.45, 2.75) is 12.8 Å². The maximum Gasteiger partial charge on any atom is 0.573 e. The van der Waals surface area contributed by atoms with Crippen LogP contribution in [0.15, 0.2) is 42.7 Å². The van der Waals surface area contributed by atoms with Gasteiger partial charge in [-0.15, -0.1) is 13.2 Å². The van der Waals surface area contributed by atoms with Crippen LogP contribution in [0.25, 0.3) is 0 Å². The Balaban J connectivity index is 2.07. The van der Waals surface area contributed by atoms with Gasteiger partial charge in [-0.3, -0.25) is 4.98 Å². The summed E-state index contributed by atoms with van der Waals surface area (Å²) in [6, 6.07) is 7.46. The van der Waals surface area contributed by atoms with Crippen LogP contribution in [-0.2, 0) is 6.42 Å². The monoisotopic (exact) mass is 287 g/mol. The molecule has 0 unspecified atom stereocenters. The van der Waals surface area contributed by atoms with Gasteiger partial charge < -0.3 is 4.74 Å². The van der Waals surface area contributed by atoms with Crippen LogP contribution in [0.2, 0.25) is 5.02 Å². The second-order valence-electron chi connectivity index (χ2n) is 3.88. The van der Waals surface area contributed by atoms with Gasteiger partial charge in [0.25, 0.3) is 0 Å². The third-order valence-electron chi connectivity index (χ3n) is 2.33. The molecule has 0 spiro atoms. The van der Waals surface area contributed by atoms with Gasteiger partial charge in [0, 0.05) is 12.4 Å². The summed E-state index contributed by atoms with van der Waals surface area (Å²) in [5, 5.41) is 0.523. The quantitative estimate of drug-likeness (QED) is 0.843. The van der Waals surface area contributed by atoms with Crippen molar-refractivity contribution in [3.8, 4) is 5.75 Å². The van der Waals surface area contributed by atoms with Crippen LogP contribution in [-0.4, -0.2) is 11.3 Å². The highest BCUT2D eigenvalue weighted by molar-refractivity contribution is 6.30. The summed E-state index contributed by atoms with van der Waals surface area (Å²) < 4.78 is 39.8. The Labute approximate surface area is 112 Å². The zero-order valence-corrected chi connectivity index (χ0v) is 10.4. The molecule has 0 fully saturated rings. The summed E-state index contributed by atoms with van der Waals surface area (Å²) in [4.78, 5) is 3.94. The molecule has 0 saturated heterocycles. The fraction of sp³-hybridized carbons (Fsp3) is 0.154. The van der Waals surface area contributed by atoms with Crippen LogP contribution < -0.4 is 4.74 Å². The van der Waals surface area contributed by atoms with E-state index >= 15 is 0 Å². The Bertz CT molecular complexity index is 555. The van der Waals surface area contributed by atoms with Crippen molar-refractivity contribution in [2.24, 2.45) is 0 Å². The summed E-state index contributed by atoms with van der Waals surface area (Å²) >= 11 is 5.80. The molecule has 0 aliphatic rings. The van der Waals surface area contributed by atoms with Gasteiger partial charge in [0.05, 0.1) is 5.02 Å². The van der Waals surface area contributed by atoms with Gasteiger partial charge in [0.15, 0.2) is 0 Å². The van der Waals surface area contributed by atoms with Crippen LogP contribution in [0, 0.1) is 0 Å². The number of hydrogen-bond donors (Lipinski definition) is 0. The SMILES string of the molecule is FC(F)(F)Oc1ccc(Cc2cncc(Cl)c2)cc1. The number of ether oxygens (including phenoxy) is 1. The molecule has 1 heterocycles. The van der Waals surface area contributed by atoms with Crippen molar-refractivity contribution in [3.05, 3.63) is 58.9 Å². The molecule has 19 heavy (non-hydrogen) atoms. The zero-order valence-electron chi connectivity index (χ0n) is 9.62. The Kier molecular flexibility index (Phi) is 3.95. The molecule has 1 aromatic carbocycles. The Morgan fingerprint density at radius 1 is 1.05 bits per heavy atom. The number of aromatic nitrogens is 1. The fourth-order valence-electron chi connectivity index (χ4n) is 1.60. The van der Waals surface area contributed by atoms with E-state index in [1.54, 1.807) is 24.4 Å². The van der Waals surface area contributed by atoms with Crippen molar-refractivity contribution in [3.63, 3.8) is 0 Å². The first-order chi connectivity index (χ1) is 8.92. The minimum atomic E-state index is -4.67. The molecular weight excluding hydrogens is 279 g/mol. The third kappa shape index (κ3) is 4.44. The van der Waals surface area contributed by atoms with Crippen LogP contribution in [0.5, 0.6) is 5.75 Å². The van der Waals surface area contributed by atoms with Crippen molar-refractivity contribution in [1.29, 1.82) is 0 Å². The Morgan fingerprint density at radius 3 is 2.32 bits per heavy atom. The highest BCUT2D eigenvalue weighted by atomic mass is 35.5. The smallest absolute Gasteiger partial charge is 0.406 e. The van der Waals surface area contributed by atoms with Gasteiger partial charge >= 0.3 is 6.36 Å². The lowest BCUT2D eigenvalue weighted by Crippen LogP contribution is -2.17. The van der Waals surface area contributed by atoms with E-state index in [0.717, 1.165) is 11.1 Å². The summed E-state index contributed by atoms with van der Waals surface area (Å²) in [6.07, 6.45) is -0.949. The molecule has 0 bridgehead atoms. The molecule has 0 saturated carbocycles. The predicted molar refractivity (Wildman–Crippen MR) is 65.2 cm³/mol. The van der Waals surface area contributed by atoms with Crippen molar-refractivity contribution >= 4 is 11.6 Å². The molecule has 0 aliphatic carbocycles. The molecule has 0 radical (unpaired) electrons. The second kappa shape index (κ2) is 5.48. The minimum Gasteiger partial charge on any atom is -0.406 e. The third-order valence-corrected chi connectivity index (χ3v) is 2.53. The number of hydrogen-bond acceptors (Lipinski definition) is 2. The molecule has 2 rings (SSSR count). The Hall–Kier alpha value is -1.75. The molecule has 100 valence electrons. The highest BCUT2D eigenvalue weighted by Crippen LogP contribution is 2.23. The van der Waals surface area contributed by atoms with Crippen molar-refractivity contribution in [1.82, 2.24) is 4.98 Å². The maximum absolute atomic E-state index is 12.0. The number of benzene rings is 1. The average Bonchev–Trinajstić information content (AvgIpc) is 2.30. The van der Waals surface area contributed by atoms with Crippen LogP contribution in [0.3, 0.4) is 0 Å². The summed E-state index contributed by atoms with van der Waals surface area (Å²) in [5.41, 5.74) is 1.73. The lowest BCUT2D eigenvalue weighted by Gasteiger charge is -2.09. The molecule has 2 nitrogen and oxygen atoms in total. The number of alkyl halides is 3. The highest BCUT2D eigenvalue weighted by Gasteiger charge is 2.30. The van der Waals surface area contributed by atoms with Gasteiger partial charge in [-0.1, -0.05) is 23.7 Å². The zero-order chi connectivity index (χ0) is 13.9. The number of halogens is 4. The lowest BCUT2D eigenvalue weighted by atomic mass is 10.1. The summed E-state index contributed by atoms with van der Waals surface area (Å²) in [7, 11) is 0. The lowest BCUT2D eigenvalue weighted by molar-refractivity contribution is -0.274. The van der Waals surface area contributed by atoms with E-state index in [4.69, 9.17) is 11.6 Å². The van der Waals surface area contributed by atoms with Crippen LogP contribution >= 0.6 is 11.6 Å². The van der Waals surface area contributed by atoms with Crippen LogP contribution in [0.4, 0.5) is 13.2 Å². The molecular formula is C13H9ClF3NO. The minimum absolute atomic E-state index is 0.236. The van der Waals surface area contributed by atoms with Gasteiger partial charge in [-0.2, -0.15) is 0 Å². The first-order valence-electron chi connectivity index (χ1n) is 5.36. The van der Waals surface area contributed by atoms with E-state index in [1.165, 1.54) is 18.3 Å². The van der Waals surface area contributed by atoms with Gasteiger partial charge in [-0.05, 0) is 35.7 Å². The molecule has 0 amide bonds. The molecule has 2 aromatic rings. The first kappa shape index (κ1) is 13.7. The van der Waals surface area contributed by atoms with Crippen molar-refractivity contribution in [2.75, 3.05) is 0 Å². The largest absolute Gasteiger partial charge is 0.573 e.